The van der Waals surface area contributed by atoms with Crippen molar-refractivity contribution in [2.24, 2.45) is 5.92 Å². The van der Waals surface area contributed by atoms with Crippen LogP contribution in [0.15, 0.2) is 72.8 Å². The highest BCUT2D eigenvalue weighted by molar-refractivity contribution is 14.1. The van der Waals surface area contributed by atoms with Crippen LogP contribution in [0.25, 0.3) is 0 Å². The number of ether oxygens (including phenoxy) is 1. The van der Waals surface area contributed by atoms with Gasteiger partial charge in [-0.25, -0.2) is 0 Å². The summed E-state index contributed by atoms with van der Waals surface area (Å²) in [5, 5.41) is 0. The first-order valence-corrected chi connectivity index (χ1v) is 12.8. The predicted molar refractivity (Wildman–Crippen MR) is 145 cm³/mol. The first kappa shape index (κ1) is 23.4. The van der Waals surface area contributed by atoms with Crippen LogP contribution in [0.3, 0.4) is 0 Å². The number of hydrogen-bond acceptors (Lipinski definition) is 2. The number of anilines is 3. The van der Waals surface area contributed by atoms with Crippen LogP contribution < -0.4 is 9.64 Å². The normalized spacial score (nSPS) is 11.9. The largest absolute Gasteiger partial charge is 0.493 e. The van der Waals surface area contributed by atoms with E-state index >= 15 is 0 Å². The van der Waals surface area contributed by atoms with Crippen molar-refractivity contribution in [3.63, 3.8) is 0 Å². The van der Waals surface area contributed by atoms with Gasteiger partial charge in [-0.3, -0.25) is 0 Å². The quantitative estimate of drug-likeness (QED) is 0.209. The molecule has 4 heteroatoms. The molecule has 3 rings (SSSR count). The highest BCUT2D eigenvalue weighted by atomic mass is 127. The average molecular weight is 625 g/mol. The number of unbranched alkanes of at least 4 members (excludes halogenated alkanes) is 1. The second-order valence-electron chi connectivity index (χ2n) is 7.51. The van der Waals surface area contributed by atoms with Gasteiger partial charge >= 0.3 is 0 Å². The van der Waals surface area contributed by atoms with E-state index in [1.165, 1.54) is 32.8 Å². The highest BCUT2D eigenvalue weighted by Crippen LogP contribution is 2.35. The molecule has 0 radical (unpaired) electrons. The number of hydrogen-bond donors (Lipinski definition) is 0. The second-order valence-corrected chi connectivity index (χ2v) is 10.0. The molecule has 0 aromatic heterocycles. The van der Waals surface area contributed by atoms with E-state index in [1.54, 1.807) is 0 Å². The maximum absolute atomic E-state index is 6.11. The van der Waals surface area contributed by atoms with Crippen molar-refractivity contribution in [3.8, 4) is 5.75 Å². The summed E-state index contributed by atoms with van der Waals surface area (Å²) in [6, 6.07) is 25.8. The molecular formula is C26H29I2NO. The Balaban J connectivity index is 1.80. The Labute approximate surface area is 208 Å². The molecule has 0 N–H and O–H groups in total. The van der Waals surface area contributed by atoms with Crippen molar-refractivity contribution in [1.29, 1.82) is 0 Å². The number of benzene rings is 3. The van der Waals surface area contributed by atoms with Crippen LogP contribution in [0, 0.1) is 13.1 Å². The van der Waals surface area contributed by atoms with Crippen molar-refractivity contribution >= 4 is 62.2 Å². The zero-order chi connectivity index (χ0) is 21.3. The Morgan fingerprint density at radius 1 is 0.733 bits per heavy atom. The molecule has 0 amide bonds. The van der Waals surface area contributed by atoms with Gasteiger partial charge in [0, 0.05) is 24.2 Å². The van der Waals surface area contributed by atoms with Crippen LogP contribution in [0.2, 0.25) is 0 Å². The van der Waals surface area contributed by atoms with E-state index in [-0.39, 0.29) is 0 Å². The van der Waals surface area contributed by atoms with Crippen LogP contribution in [-0.2, 0) is 0 Å². The van der Waals surface area contributed by atoms with E-state index in [0.717, 1.165) is 29.4 Å². The lowest BCUT2D eigenvalue weighted by atomic mass is 10.0. The fraction of sp³-hybridized carbons (Fsp3) is 0.308. The summed E-state index contributed by atoms with van der Waals surface area (Å²) in [6.07, 6.45) is 4.95. The predicted octanol–water partition coefficient (Wildman–Crippen LogP) is 8.96. The molecule has 0 fully saturated rings. The van der Waals surface area contributed by atoms with Gasteiger partial charge < -0.3 is 9.64 Å². The van der Waals surface area contributed by atoms with Gasteiger partial charge in [-0.2, -0.15) is 0 Å². The molecule has 0 spiro atoms. The molecule has 0 aliphatic carbocycles. The van der Waals surface area contributed by atoms with Crippen LogP contribution in [0.5, 0.6) is 5.75 Å². The Kier molecular flexibility index (Phi) is 9.30. The minimum absolute atomic E-state index is 0.639. The molecular weight excluding hydrogens is 596 g/mol. The van der Waals surface area contributed by atoms with Gasteiger partial charge in [0.2, 0.25) is 0 Å². The van der Waals surface area contributed by atoms with Crippen LogP contribution >= 0.6 is 45.2 Å². The minimum Gasteiger partial charge on any atom is -0.493 e. The number of rotatable bonds is 10. The molecule has 2 nitrogen and oxygen atoms in total. The van der Waals surface area contributed by atoms with Crippen molar-refractivity contribution in [2.75, 3.05) is 11.5 Å². The van der Waals surface area contributed by atoms with Crippen LogP contribution in [0.4, 0.5) is 17.1 Å². The summed E-state index contributed by atoms with van der Waals surface area (Å²) in [4.78, 5) is 2.28. The molecule has 0 aliphatic heterocycles. The fourth-order valence-corrected chi connectivity index (χ4v) is 4.15. The lowest BCUT2D eigenvalue weighted by Gasteiger charge is -2.26. The van der Waals surface area contributed by atoms with Crippen molar-refractivity contribution in [2.45, 2.75) is 39.5 Å². The van der Waals surface area contributed by atoms with E-state index in [4.69, 9.17) is 4.74 Å². The molecule has 0 bridgehead atoms. The molecule has 1 unspecified atom stereocenters. The average Bonchev–Trinajstić information content (AvgIpc) is 2.77. The van der Waals surface area contributed by atoms with Gasteiger partial charge in [-0.1, -0.05) is 33.1 Å². The van der Waals surface area contributed by atoms with Gasteiger partial charge in [0.15, 0.2) is 0 Å². The third-order valence-electron chi connectivity index (χ3n) is 5.29. The first-order valence-electron chi connectivity index (χ1n) is 10.6. The van der Waals surface area contributed by atoms with Gasteiger partial charge in [-0.15, -0.1) is 0 Å². The van der Waals surface area contributed by atoms with E-state index in [2.05, 4.69) is 137 Å². The summed E-state index contributed by atoms with van der Waals surface area (Å²) >= 11 is 4.69. The summed E-state index contributed by atoms with van der Waals surface area (Å²) in [7, 11) is 0. The molecule has 0 aliphatic rings. The monoisotopic (exact) mass is 625 g/mol. The first-order chi connectivity index (χ1) is 14.6. The van der Waals surface area contributed by atoms with Crippen molar-refractivity contribution in [1.82, 2.24) is 0 Å². The van der Waals surface area contributed by atoms with Gasteiger partial charge in [-0.05, 0) is 130 Å². The summed E-state index contributed by atoms with van der Waals surface area (Å²) in [6.45, 7) is 5.31. The zero-order valence-corrected chi connectivity index (χ0v) is 22.0. The van der Waals surface area contributed by atoms with E-state index in [0.29, 0.717) is 5.92 Å². The summed E-state index contributed by atoms with van der Waals surface area (Å²) < 4.78 is 8.58. The van der Waals surface area contributed by atoms with Crippen molar-refractivity contribution < 1.29 is 4.74 Å². The molecule has 158 valence electrons. The van der Waals surface area contributed by atoms with E-state index in [1.807, 2.05) is 0 Å². The second kappa shape index (κ2) is 11.9. The van der Waals surface area contributed by atoms with Gasteiger partial charge in [0.1, 0.15) is 5.75 Å². The number of nitrogens with zero attached hydrogens (tertiary/aromatic N) is 1. The minimum atomic E-state index is 0.639. The van der Waals surface area contributed by atoms with Gasteiger partial charge in [0.25, 0.3) is 0 Å². The SMILES string of the molecule is CCCCC(CC)COc1ccc(N(c2ccc(I)cc2)c2ccc(I)cc2)cc1. The lowest BCUT2D eigenvalue weighted by Crippen LogP contribution is -2.12. The molecule has 3 aromatic carbocycles. The molecule has 0 heterocycles. The highest BCUT2D eigenvalue weighted by Gasteiger charge is 2.13. The Morgan fingerprint density at radius 3 is 1.63 bits per heavy atom. The molecule has 1 atom stereocenters. The topological polar surface area (TPSA) is 12.5 Å². The lowest BCUT2D eigenvalue weighted by molar-refractivity contribution is 0.233. The van der Waals surface area contributed by atoms with Crippen LogP contribution in [-0.4, -0.2) is 6.61 Å². The van der Waals surface area contributed by atoms with E-state index in [9.17, 15) is 0 Å². The van der Waals surface area contributed by atoms with Gasteiger partial charge in [0.05, 0.1) is 6.61 Å². The summed E-state index contributed by atoms with van der Waals surface area (Å²) in [5.41, 5.74) is 3.43. The maximum Gasteiger partial charge on any atom is 0.119 e. The number of halogens is 2. The smallest absolute Gasteiger partial charge is 0.119 e. The Bertz CT molecular complexity index is 846. The standard InChI is InChI=1S/C26H29I2NO/c1-3-5-6-20(4-2)19-30-26-17-15-25(16-18-26)29(23-11-7-21(27)8-12-23)24-13-9-22(28)10-14-24/h7-18,20H,3-6,19H2,1-2H3. The fourth-order valence-electron chi connectivity index (χ4n) is 3.43. The zero-order valence-electron chi connectivity index (χ0n) is 17.7. The van der Waals surface area contributed by atoms with Crippen LogP contribution in [0.1, 0.15) is 39.5 Å². The molecule has 30 heavy (non-hydrogen) atoms. The maximum atomic E-state index is 6.11. The molecule has 0 saturated carbocycles. The third kappa shape index (κ3) is 6.61. The molecule has 3 aromatic rings. The Hall–Kier alpha value is -1.28. The summed E-state index contributed by atoms with van der Waals surface area (Å²) in [5.74, 6) is 1.58. The molecule has 0 saturated heterocycles. The Morgan fingerprint density at radius 2 is 1.20 bits per heavy atom. The van der Waals surface area contributed by atoms with E-state index < -0.39 is 0 Å². The van der Waals surface area contributed by atoms with Crippen molar-refractivity contribution in [3.05, 3.63) is 79.9 Å². The third-order valence-corrected chi connectivity index (χ3v) is 6.73.